The molecule has 0 aliphatic heterocycles. The Bertz CT molecular complexity index is 938. The molecule has 3 atom stereocenters. The lowest BCUT2D eigenvalue weighted by Crippen LogP contribution is -2.45. The smallest absolute Gasteiger partial charge is 0.268 e. The van der Waals surface area contributed by atoms with E-state index in [1.54, 1.807) is 6.08 Å². The highest BCUT2D eigenvalue weighted by Crippen LogP contribution is 2.38. The van der Waals surface area contributed by atoms with Crippen molar-refractivity contribution >= 4 is 13.7 Å². The van der Waals surface area contributed by atoms with Gasteiger partial charge in [0.25, 0.3) is 7.82 Å². The second-order valence-corrected chi connectivity index (χ2v) is 18.2. The SMILES string of the molecule is CCCCCCCC/C=C\CCCCCCCCCCCCCC(=O)N[C@@H](COP(=O)([O-])OCC[N+](C)(C)C)[C@H](O)/C=C/CCCCCCCCCCC. The van der Waals surface area contributed by atoms with Gasteiger partial charge in [-0.3, -0.25) is 9.36 Å². The summed E-state index contributed by atoms with van der Waals surface area (Å²) in [7, 11) is 1.26. The van der Waals surface area contributed by atoms with Gasteiger partial charge in [0, 0.05) is 6.42 Å². The zero-order chi connectivity index (χ0) is 40.0. The van der Waals surface area contributed by atoms with E-state index in [1.807, 2.05) is 27.2 Å². The lowest BCUT2D eigenvalue weighted by molar-refractivity contribution is -0.870. The molecule has 0 fully saturated rings. The van der Waals surface area contributed by atoms with Crippen LogP contribution in [0, 0.1) is 0 Å². The minimum atomic E-state index is -4.58. The number of phosphoric acid groups is 1. The zero-order valence-corrected chi connectivity index (χ0v) is 37.1. The Balaban J connectivity index is 4.28. The summed E-state index contributed by atoms with van der Waals surface area (Å²) in [5.74, 6) is -0.199. The minimum Gasteiger partial charge on any atom is -0.756 e. The highest BCUT2D eigenvalue weighted by molar-refractivity contribution is 7.45. The quantitative estimate of drug-likeness (QED) is 0.0277. The van der Waals surface area contributed by atoms with E-state index < -0.39 is 20.0 Å². The Labute approximate surface area is 334 Å². The fourth-order valence-corrected chi connectivity index (χ4v) is 7.22. The molecule has 8 nitrogen and oxygen atoms in total. The maximum Gasteiger partial charge on any atom is 0.268 e. The van der Waals surface area contributed by atoms with Gasteiger partial charge in [0.15, 0.2) is 0 Å². The van der Waals surface area contributed by atoms with Crippen molar-refractivity contribution in [3.8, 4) is 0 Å². The molecule has 1 amide bonds. The van der Waals surface area contributed by atoms with Gasteiger partial charge in [0.1, 0.15) is 13.2 Å². The average molecular weight is 785 g/mol. The largest absolute Gasteiger partial charge is 0.756 e. The summed E-state index contributed by atoms with van der Waals surface area (Å²) in [4.78, 5) is 25.3. The monoisotopic (exact) mass is 785 g/mol. The predicted octanol–water partition coefficient (Wildman–Crippen LogP) is 11.9. The molecule has 0 saturated carbocycles. The number of carbonyl (C=O) groups is 1. The van der Waals surface area contributed by atoms with Gasteiger partial charge in [-0.2, -0.15) is 0 Å². The first-order valence-corrected chi connectivity index (χ1v) is 24.2. The topological polar surface area (TPSA) is 108 Å². The van der Waals surface area contributed by atoms with Crippen LogP contribution in [0.5, 0.6) is 0 Å². The third-order valence-corrected chi connectivity index (χ3v) is 11.1. The van der Waals surface area contributed by atoms with Crippen LogP contribution < -0.4 is 10.2 Å². The molecule has 0 heterocycles. The van der Waals surface area contributed by atoms with E-state index in [4.69, 9.17) is 9.05 Å². The van der Waals surface area contributed by atoms with Crippen molar-refractivity contribution in [2.24, 2.45) is 0 Å². The fourth-order valence-electron chi connectivity index (χ4n) is 6.50. The average Bonchev–Trinajstić information content (AvgIpc) is 3.12. The lowest BCUT2D eigenvalue weighted by atomic mass is 10.0. The molecule has 54 heavy (non-hydrogen) atoms. The Kier molecular flexibility index (Phi) is 36.8. The van der Waals surface area contributed by atoms with Crippen LogP contribution in [-0.2, 0) is 18.4 Å². The van der Waals surface area contributed by atoms with Gasteiger partial charge >= 0.3 is 0 Å². The number of phosphoric ester groups is 1. The van der Waals surface area contributed by atoms with Gasteiger partial charge in [-0.25, -0.2) is 0 Å². The number of nitrogens with one attached hydrogen (secondary N) is 1. The third kappa shape index (κ3) is 39.2. The Morgan fingerprint density at radius 3 is 1.44 bits per heavy atom. The molecule has 0 saturated heterocycles. The molecular weight excluding hydrogens is 695 g/mol. The molecular formula is C45H89N2O6P. The van der Waals surface area contributed by atoms with Gasteiger partial charge in [0.05, 0.1) is 39.9 Å². The van der Waals surface area contributed by atoms with Gasteiger partial charge in [-0.15, -0.1) is 0 Å². The number of allylic oxidation sites excluding steroid dienone is 3. The molecule has 0 aromatic rings. The van der Waals surface area contributed by atoms with Crippen LogP contribution >= 0.6 is 7.82 Å². The van der Waals surface area contributed by atoms with Gasteiger partial charge in [-0.05, 0) is 44.9 Å². The molecule has 0 radical (unpaired) electrons. The van der Waals surface area contributed by atoms with E-state index in [0.717, 1.165) is 38.5 Å². The number of likely N-dealkylation sites (N-methyl/N-ethyl adjacent to an activating group) is 1. The van der Waals surface area contributed by atoms with Crippen molar-refractivity contribution in [3.05, 3.63) is 24.3 Å². The number of amides is 1. The molecule has 0 aliphatic rings. The molecule has 1 unspecified atom stereocenters. The van der Waals surface area contributed by atoms with E-state index in [0.29, 0.717) is 17.4 Å². The van der Waals surface area contributed by atoms with E-state index in [1.165, 1.54) is 148 Å². The van der Waals surface area contributed by atoms with Crippen molar-refractivity contribution in [1.29, 1.82) is 0 Å². The van der Waals surface area contributed by atoms with Gasteiger partial charge < -0.3 is 28.8 Å². The normalized spacial score (nSPS) is 14.6. The number of carbonyl (C=O) groups excluding carboxylic acids is 1. The number of quaternary nitrogens is 1. The standard InChI is InChI=1S/C45H89N2O6P/c1-6-8-10-12-14-16-18-19-20-21-22-23-24-25-26-27-29-31-33-35-37-39-45(49)46-43(42-53-54(50,51)52-41-40-47(3,4)5)44(48)38-36-34-32-30-28-17-15-13-11-9-7-2/h19-20,36,38,43-44,48H,6-18,21-35,37,39-42H2,1-5H3,(H-,46,49,50,51)/b20-19-,38-36+/t43-,44+/m0/s1. The number of unbranched alkanes of at least 4 members (excludes halogenated alkanes) is 26. The summed E-state index contributed by atoms with van der Waals surface area (Å²) in [5.41, 5.74) is 0. The predicted molar refractivity (Wildman–Crippen MR) is 228 cm³/mol. The van der Waals surface area contributed by atoms with Crippen molar-refractivity contribution < 1.29 is 32.9 Å². The Morgan fingerprint density at radius 2 is 1.02 bits per heavy atom. The van der Waals surface area contributed by atoms with Crippen LogP contribution in [0.25, 0.3) is 0 Å². The summed E-state index contributed by atoms with van der Waals surface area (Å²) in [6, 6.07) is -0.882. The number of nitrogens with zero attached hydrogens (tertiary/aromatic N) is 1. The molecule has 0 aromatic carbocycles. The van der Waals surface area contributed by atoms with Gasteiger partial charge in [-0.1, -0.05) is 179 Å². The van der Waals surface area contributed by atoms with Crippen molar-refractivity contribution in [2.45, 2.75) is 219 Å². The highest BCUT2D eigenvalue weighted by atomic mass is 31.2. The molecule has 9 heteroatoms. The first kappa shape index (κ1) is 53.0. The molecule has 2 N–H and O–H groups in total. The van der Waals surface area contributed by atoms with E-state index in [2.05, 4.69) is 31.3 Å². The van der Waals surface area contributed by atoms with E-state index in [-0.39, 0.29) is 19.1 Å². The molecule has 320 valence electrons. The maximum absolute atomic E-state index is 12.8. The summed E-state index contributed by atoms with van der Waals surface area (Å²) in [6.45, 7) is 4.63. The second kappa shape index (κ2) is 37.6. The van der Waals surface area contributed by atoms with E-state index >= 15 is 0 Å². The Morgan fingerprint density at radius 1 is 0.630 bits per heavy atom. The fraction of sp³-hybridized carbons (Fsp3) is 0.889. The summed E-state index contributed by atoms with van der Waals surface area (Å²) in [5, 5.41) is 13.7. The second-order valence-electron chi connectivity index (χ2n) is 16.8. The summed E-state index contributed by atoms with van der Waals surface area (Å²) < 4.78 is 23.2. The Hall–Kier alpha value is -1.02. The van der Waals surface area contributed by atoms with Crippen LogP contribution in [-0.4, -0.2) is 68.5 Å². The number of hydrogen-bond donors (Lipinski definition) is 2. The van der Waals surface area contributed by atoms with Crippen molar-refractivity contribution in [3.63, 3.8) is 0 Å². The van der Waals surface area contributed by atoms with Crippen LogP contribution in [0.3, 0.4) is 0 Å². The maximum atomic E-state index is 12.8. The highest BCUT2D eigenvalue weighted by Gasteiger charge is 2.23. The van der Waals surface area contributed by atoms with Crippen LogP contribution in [0.1, 0.15) is 206 Å². The van der Waals surface area contributed by atoms with E-state index in [9.17, 15) is 19.4 Å². The van der Waals surface area contributed by atoms with Crippen LogP contribution in [0.15, 0.2) is 24.3 Å². The van der Waals surface area contributed by atoms with Crippen molar-refractivity contribution in [2.75, 3.05) is 40.9 Å². The molecule has 0 aromatic heterocycles. The number of aliphatic hydroxyl groups excluding tert-OH is 1. The lowest BCUT2D eigenvalue weighted by Gasteiger charge is -2.29. The van der Waals surface area contributed by atoms with Crippen LogP contribution in [0.2, 0.25) is 0 Å². The summed E-state index contributed by atoms with van der Waals surface area (Å²) >= 11 is 0. The first-order chi connectivity index (χ1) is 26.0. The molecule has 0 aliphatic carbocycles. The van der Waals surface area contributed by atoms with Gasteiger partial charge in [0.2, 0.25) is 5.91 Å². The van der Waals surface area contributed by atoms with Crippen molar-refractivity contribution in [1.82, 2.24) is 5.32 Å². The molecule has 0 rings (SSSR count). The summed E-state index contributed by atoms with van der Waals surface area (Å²) in [6.07, 6.45) is 43.7. The number of hydrogen-bond acceptors (Lipinski definition) is 6. The number of aliphatic hydroxyl groups is 1. The number of rotatable bonds is 41. The molecule has 0 bridgehead atoms. The van der Waals surface area contributed by atoms with Crippen LogP contribution in [0.4, 0.5) is 0 Å². The third-order valence-electron chi connectivity index (χ3n) is 10.2. The molecule has 0 spiro atoms. The first-order valence-electron chi connectivity index (χ1n) is 22.7. The minimum absolute atomic E-state index is 0.0000184. The zero-order valence-electron chi connectivity index (χ0n) is 36.2.